The first-order valence-corrected chi connectivity index (χ1v) is 6.84. The Balaban J connectivity index is 3.19. The number of methoxy groups -OCH3 is 1. The second-order valence-electron chi connectivity index (χ2n) is 5.22. The number of aryl methyl sites for hydroxylation is 2. The highest BCUT2D eigenvalue weighted by molar-refractivity contribution is 5.34. The van der Waals surface area contributed by atoms with Crippen LogP contribution >= 0.6 is 0 Å². The Hall–Kier alpha value is -0.860. The lowest BCUT2D eigenvalue weighted by molar-refractivity contribution is -0.0297. The molecule has 2 heteroatoms. The van der Waals surface area contributed by atoms with Crippen LogP contribution in [-0.2, 0) is 4.74 Å². The van der Waals surface area contributed by atoms with Gasteiger partial charge < -0.3 is 10.1 Å². The molecule has 0 aliphatic carbocycles. The molecule has 2 unspecified atom stereocenters. The van der Waals surface area contributed by atoms with Crippen LogP contribution in [0.4, 0.5) is 0 Å². The normalized spacial score (nSPS) is 16.3. The van der Waals surface area contributed by atoms with Crippen molar-refractivity contribution < 1.29 is 4.74 Å². The zero-order chi connectivity index (χ0) is 13.8. The van der Waals surface area contributed by atoms with Crippen molar-refractivity contribution in [3.8, 4) is 0 Å². The lowest BCUT2D eigenvalue weighted by Crippen LogP contribution is -2.43. The number of hydrogen-bond acceptors (Lipinski definition) is 2. The SMILES string of the molecule is CCNC(c1ccc(C)cc1C)C(C)(CC)OC. The summed E-state index contributed by atoms with van der Waals surface area (Å²) in [6.45, 7) is 11.8. The highest BCUT2D eigenvalue weighted by Crippen LogP contribution is 2.33. The summed E-state index contributed by atoms with van der Waals surface area (Å²) in [5.74, 6) is 0. The molecule has 0 heterocycles. The van der Waals surface area contributed by atoms with E-state index in [-0.39, 0.29) is 11.6 Å². The molecule has 1 N–H and O–H groups in total. The third-order valence-electron chi connectivity index (χ3n) is 3.92. The first-order valence-electron chi connectivity index (χ1n) is 6.84. The summed E-state index contributed by atoms with van der Waals surface area (Å²) in [6, 6.07) is 6.88. The van der Waals surface area contributed by atoms with Gasteiger partial charge in [-0.2, -0.15) is 0 Å². The van der Waals surface area contributed by atoms with Crippen molar-refractivity contribution in [3.05, 3.63) is 34.9 Å². The second-order valence-corrected chi connectivity index (χ2v) is 5.22. The molecule has 0 bridgehead atoms. The Morgan fingerprint density at radius 3 is 2.39 bits per heavy atom. The molecular weight excluding hydrogens is 222 g/mol. The molecule has 2 atom stereocenters. The summed E-state index contributed by atoms with van der Waals surface area (Å²) < 4.78 is 5.78. The maximum absolute atomic E-state index is 5.78. The van der Waals surface area contributed by atoms with Crippen LogP contribution in [0.1, 0.15) is 49.9 Å². The second kappa shape index (κ2) is 6.35. The van der Waals surface area contributed by atoms with E-state index in [9.17, 15) is 0 Å². The van der Waals surface area contributed by atoms with Gasteiger partial charge in [0.2, 0.25) is 0 Å². The van der Waals surface area contributed by atoms with E-state index in [1.165, 1.54) is 16.7 Å². The van der Waals surface area contributed by atoms with Gasteiger partial charge in [0.25, 0.3) is 0 Å². The van der Waals surface area contributed by atoms with Gasteiger partial charge in [-0.3, -0.25) is 0 Å². The molecule has 0 amide bonds. The Bertz CT molecular complexity index is 383. The van der Waals surface area contributed by atoms with E-state index in [1.807, 2.05) is 0 Å². The fraction of sp³-hybridized carbons (Fsp3) is 0.625. The zero-order valence-electron chi connectivity index (χ0n) is 12.6. The average Bonchev–Trinajstić information content (AvgIpc) is 2.36. The fourth-order valence-corrected chi connectivity index (χ4v) is 2.47. The molecule has 1 aromatic carbocycles. The van der Waals surface area contributed by atoms with Crippen molar-refractivity contribution in [3.63, 3.8) is 0 Å². The molecule has 0 saturated carbocycles. The largest absolute Gasteiger partial charge is 0.377 e. The van der Waals surface area contributed by atoms with Gasteiger partial charge in [0.1, 0.15) is 0 Å². The van der Waals surface area contributed by atoms with Gasteiger partial charge in [0.15, 0.2) is 0 Å². The minimum atomic E-state index is -0.171. The van der Waals surface area contributed by atoms with E-state index >= 15 is 0 Å². The number of nitrogens with one attached hydrogen (secondary N) is 1. The Kier molecular flexibility index (Phi) is 5.36. The van der Waals surface area contributed by atoms with Crippen LogP contribution in [0.15, 0.2) is 18.2 Å². The van der Waals surface area contributed by atoms with Crippen LogP contribution in [0.3, 0.4) is 0 Å². The van der Waals surface area contributed by atoms with E-state index < -0.39 is 0 Å². The zero-order valence-corrected chi connectivity index (χ0v) is 12.6. The van der Waals surface area contributed by atoms with E-state index in [0.29, 0.717) is 0 Å². The van der Waals surface area contributed by atoms with Crippen LogP contribution in [0, 0.1) is 13.8 Å². The predicted molar refractivity (Wildman–Crippen MR) is 78.0 cm³/mol. The standard InChI is InChI=1S/C16H27NO/c1-7-16(5,18-6)15(17-8-2)14-10-9-12(3)11-13(14)4/h9-11,15,17H,7-8H2,1-6H3. The molecule has 1 rings (SSSR count). The van der Waals surface area contributed by atoms with Crippen molar-refractivity contribution in [2.24, 2.45) is 0 Å². The maximum Gasteiger partial charge on any atom is 0.0842 e. The van der Waals surface area contributed by atoms with Crippen LogP contribution in [0.25, 0.3) is 0 Å². The van der Waals surface area contributed by atoms with Crippen LogP contribution < -0.4 is 5.32 Å². The molecule has 2 nitrogen and oxygen atoms in total. The number of benzene rings is 1. The van der Waals surface area contributed by atoms with Gasteiger partial charge >= 0.3 is 0 Å². The van der Waals surface area contributed by atoms with Crippen LogP contribution in [0.5, 0.6) is 0 Å². The molecule has 0 spiro atoms. The lowest BCUT2D eigenvalue weighted by Gasteiger charge is -2.37. The molecule has 0 fully saturated rings. The summed E-state index contributed by atoms with van der Waals surface area (Å²) in [7, 11) is 1.80. The molecule has 18 heavy (non-hydrogen) atoms. The smallest absolute Gasteiger partial charge is 0.0842 e. The van der Waals surface area contributed by atoms with E-state index in [2.05, 4.69) is 58.1 Å². The van der Waals surface area contributed by atoms with Gasteiger partial charge in [-0.1, -0.05) is 37.6 Å². The molecule has 1 aromatic rings. The number of ether oxygens (including phenoxy) is 1. The first kappa shape index (κ1) is 15.2. The summed E-state index contributed by atoms with van der Waals surface area (Å²) >= 11 is 0. The molecule has 0 aliphatic heterocycles. The van der Waals surface area contributed by atoms with Crippen molar-refractivity contribution in [2.45, 2.75) is 52.7 Å². The molecule has 0 radical (unpaired) electrons. The van der Waals surface area contributed by atoms with Gasteiger partial charge in [-0.05, 0) is 44.9 Å². The highest BCUT2D eigenvalue weighted by Gasteiger charge is 2.33. The molecular formula is C16H27NO. The van der Waals surface area contributed by atoms with Crippen molar-refractivity contribution in [1.29, 1.82) is 0 Å². The third-order valence-corrected chi connectivity index (χ3v) is 3.92. The van der Waals surface area contributed by atoms with E-state index in [0.717, 1.165) is 13.0 Å². The topological polar surface area (TPSA) is 21.3 Å². The quantitative estimate of drug-likeness (QED) is 0.828. The number of hydrogen-bond donors (Lipinski definition) is 1. The van der Waals surface area contributed by atoms with Gasteiger partial charge in [0.05, 0.1) is 11.6 Å². The minimum absolute atomic E-state index is 0.171. The highest BCUT2D eigenvalue weighted by atomic mass is 16.5. The Labute approximate surface area is 112 Å². The molecule has 102 valence electrons. The number of likely N-dealkylation sites (N-methyl/N-ethyl adjacent to an activating group) is 1. The summed E-state index contributed by atoms with van der Waals surface area (Å²) in [5.41, 5.74) is 3.81. The summed E-state index contributed by atoms with van der Waals surface area (Å²) in [6.07, 6.45) is 0.981. The van der Waals surface area contributed by atoms with Crippen LogP contribution in [-0.4, -0.2) is 19.3 Å². The van der Waals surface area contributed by atoms with Crippen molar-refractivity contribution in [1.82, 2.24) is 5.32 Å². The van der Waals surface area contributed by atoms with Gasteiger partial charge in [0, 0.05) is 7.11 Å². The monoisotopic (exact) mass is 249 g/mol. The number of rotatable bonds is 6. The van der Waals surface area contributed by atoms with Crippen LogP contribution in [0.2, 0.25) is 0 Å². The molecule has 0 aliphatic rings. The van der Waals surface area contributed by atoms with Crippen molar-refractivity contribution >= 4 is 0 Å². The Morgan fingerprint density at radius 1 is 1.28 bits per heavy atom. The summed E-state index contributed by atoms with van der Waals surface area (Å²) in [5, 5.41) is 3.58. The van der Waals surface area contributed by atoms with Gasteiger partial charge in [-0.25, -0.2) is 0 Å². The average molecular weight is 249 g/mol. The Morgan fingerprint density at radius 2 is 1.94 bits per heavy atom. The van der Waals surface area contributed by atoms with E-state index in [1.54, 1.807) is 7.11 Å². The fourth-order valence-electron chi connectivity index (χ4n) is 2.47. The lowest BCUT2D eigenvalue weighted by atomic mass is 9.85. The van der Waals surface area contributed by atoms with Gasteiger partial charge in [-0.15, -0.1) is 0 Å². The molecule has 0 aromatic heterocycles. The maximum atomic E-state index is 5.78. The minimum Gasteiger partial charge on any atom is -0.377 e. The summed E-state index contributed by atoms with van der Waals surface area (Å²) in [4.78, 5) is 0. The van der Waals surface area contributed by atoms with E-state index in [4.69, 9.17) is 4.74 Å². The predicted octanol–water partition coefficient (Wildman–Crippen LogP) is 3.77. The third kappa shape index (κ3) is 3.12. The molecule has 0 saturated heterocycles. The van der Waals surface area contributed by atoms with Crippen molar-refractivity contribution in [2.75, 3.05) is 13.7 Å². The first-order chi connectivity index (χ1) is 8.48.